The Balaban J connectivity index is 2.27. The quantitative estimate of drug-likeness (QED) is 0.661. The zero-order valence-corrected chi connectivity index (χ0v) is 6.17. The minimum Gasteiger partial charge on any atom is -0.368 e. The van der Waals surface area contributed by atoms with E-state index in [0.29, 0.717) is 19.8 Å². The molecule has 2 rings (SSSR count). The molecule has 0 radical (unpaired) electrons. The van der Waals surface area contributed by atoms with Crippen molar-refractivity contribution in [1.29, 1.82) is 0 Å². The minimum absolute atomic E-state index is 0.562. The van der Waals surface area contributed by atoms with Gasteiger partial charge in [-0.1, -0.05) is 5.16 Å². The van der Waals surface area contributed by atoms with Crippen molar-refractivity contribution in [1.82, 2.24) is 5.16 Å². The summed E-state index contributed by atoms with van der Waals surface area (Å²) in [5.74, 6) is 0.869. The second-order valence-corrected chi connectivity index (χ2v) is 2.56. The van der Waals surface area contributed by atoms with E-state index >= 15 is 0 Å². The first-order valence-corrected chi connectivity index (χ1v) is 3.66. The molecule has 60 valence electrons. The number of fused-ring (bicyclic) bond motifs is 1. The van der Waals surface area contributed by atoms with Crippen LogP contribution in [0.15, 0.2) is 4.52 Å². The van der Waals surface area contributed by atoms with Crippen molar-refractivity contribution >= 4 is 0 Å². The Morgan fingerprint density at radius 2 is 2.36 bits per heavy atom. The summed E-state index contributed by atoms with van der Waals surface area (Å²) in [7, 11) is 0. The van der Waals surface area contributed by atoms with Crippen LogP contribution in [0, 0.1) is 0 Å². The number of aromatic nitrogens is 1. The molecule has 0 fully saturated rings. The normalized spacial score (nSPS) is 15.4. The summed E-state index contributed by atoms with van der Waals surface area (Å²) in [6, 6.07) is 0. The first-order valence-electron chi connectivity index (χ1n) is 3.66. The van der Waals surface area contributed by atoms with Crippen LogP contribution in [0.4, 0.5) is 0 Å². The lowest BCUT2D eigenvalue weighted by Crippen LogP contribution is -2.04. The highest BCUT2D eigenvalue weighted by Crippen LogP contribution is 2.22. The molecule has 1 aliphatic heterocycles. The second-order valence-electron chi connectivity index (χ2n) is 2.56. The number of nitrogens with two attached hydrogens (primary N) is 1. The van der Waals surface area contributed by atoms with Crippen molar-refractivity contribution in [3.05, 3.63) is 17.0 Å². The fraction of sp³-hybridized carbons (Fsp3) is 0.571. The number of ether oxygens (including phenoxy) is 1. The fourth-order valence-corrected chi connectivity index (χ4v) is 1.24. The van der Waals surface area contributed by atoms with Gasteiger partial charge < -0.3 is 15.0 Å². The van der Waals surface area contributed by atoms with Gasteiger partial charge in [0.15, 0.2) is 5.76 Å². The van der Waals surface area contributed by atoms with Crippen molar-refractivity contribution in [2.24, 2.45) is 5.73 Å². The Labute approximate surface area is 64.3 Å². The Morgan fingerprint density at radius 1 is 1.45 bits per heavy atom. The summed E-state index contributed by atoms with van der Waals surface area (Å²) in [4.78, 5) is 0. The van der Waals surface area contributed by atoms with Gasteiger partial charge in [0.05, 0.1) is 12.3 Å². The maximum absolute atomic E-state index is 5.39. The molecule has 0 aliphatic carbocycles. The zero-order chi connectivity index (χ0) is 7.68. The van der Waals surface area contributed by atoms with Gasteiger partial charge >= 0.3 is 0 Å². The van der Waals surface area contributed by atoms with Crippen molar-refractivity contribution in [2.75, 3.05) is 6.54 Å². The van der Waals surface area contributed by atoms with E-state index in [1.54, 1.807) is 0 Å². The molecule has 1 aromatic heterocycles. The smallest absolute Gasteiger partial charge is 0.168 e. The highest BCUT2D eigenvalue weighted by molar-refractivity contribution is 5.24. The first-order chi connectivity index (χ1) is 5.42. The Hall–Kier alpha value is -0.870. The van der Waals surface area contributed by atoms with E-state index in [1.807, 2.05) is 0 Å². The number of nitrogens with zero attached hydrogens (tertiary/aromatic N) is 1. The highest BCUT2D eigenvalue weighted by Gasteiger charge is 2.20. The van der Waals surface area contributed by atoms with Crippen LogP contribution in [0.1, 0.15) is 17.0 Å². The number of hydrogen-bond acceptors (Lipinski definition) is 4. The van der Waals surface area contributed by atoms with Gasteiger partial charge in [-0.05, 0) is 6.54 Å². The maximum atomic E-state index is 5.39. The van der Waals surface area contributed by atoms with Gasteiger partial charge in [0.2, 0.25) is 0 Å². The van der Waals surface area contributed by atoms with Gasteiger partial charge in [0.1, 0.15) is 6.61 Å². The molecule has 0 unspecified atom stereocenters. The second kappa shape index (κ2) is 2.64. The van der Waals surface area contributed by atoms with E-state index in [2.05, 4.69) is 5.16 Å². The van der Waals surface area contributed by atoms with E-state index in [1.165, 1.54) is 0 Å². The third-order valence-corrected chi connectivity index (χ3v) is 1.81. The molecule has 0 atom stereocenters. The summed E-state index contributed by atoms with van der Waals surface area (Å²) < 4.78 is 10.2. The third-order valence-electron chi connectivity index (χ3n) is 1.81. The minimum atomic E-state index is 0.562. The van der Waals surface area contributed by atoms with E-state index in [9.17, 15) is 0 Å². The Morgan fingerprint density at radius 3 is 3.18 bits per heavy atom. The molecule has 0 saturated carbocycles. The lowest BCUT2D eigenvalue weighted by molar-refractivity contribution is 0.117. The van der Waals surface area contributed by atoms with E-state index < -0.39 is 0 Å². The standard InChI is InChI=1S/C7H10N2O2/c8-2-1-6-5-3-10-4-7(5)11-9-6/h1-4,8H2. The molecule has 4 heteroatoms. The Kier molecular flexibility index (Phi) is 1.63. The van der Waals surface area contributed by atoms with Crippen LogP contribution in [-0.4, -0.2) is 11.7 Å². The lowest BCUT2D eigenvalue weighted by Gasteiger charge is -1.92. The van der Waals surface area contributed by atoms with Gasteiger partial charge in [-0.3, -0.25) is 0 Å². The molecular weight excluding hydrogens is 144 g/mol. The molecule has 1 aromatic rings. The van der Waals surface area contributed by atoms with Crippen molar-refractivity contribution in [3.63, 3.8) is 0 Å². The molecule has 2 heterocycles. The zero-order valence-electron chi connectivity index (χ0n) is 6.17. The molecule has 11 heavy (non-hydrogen) atoms. The molecule has 0 aromatic carbocycles. The summed E-state index contributed by atoms with van der Waals surface area (Å²) in [5.41, 5.74) is 7.46. The average molecular weight is 154 g/mol. The summed E-state index contributed by atoms with van der Waals surface area (Å²) in [6.07, 6.45) is 0.780. The van der Waals surface area contributed by atoms with Gasteiger partial charge in [-0.15, -0.1) is 0 Å². The highest BCUT2D eigenvalue weighted by atomic mass is 16.5. The molecule has 0 bridgehead atoms. The predicted octanol–water partition coefficient (Wildman–Crippen LogP) is 0.206. The van der Waals surface area contributed by atoms with Gasteiger partial charge in [-0.2, -0.15) is 0 Å². The fourth-order valence-electron chi connectivity index (χ4n) is 1.24. The van der Waals surface area contributed by atoms with Crippen LogP contribution in [0.5, 0.6) is 0 Å². The van der Waals surface area contributed by atoms with E-state index in [0.717, 1.165) is 23.4 Å². The maximum Gasteiger partial charge on any atom is 0.168 e. The Bertz CT molecular complexity index is 257. The van der Waals surface area contributed by atoms with Crippen molar-refractivity contribution < 1.29 is 9.26 Å². The van der Waals surface area contributed by atoms with Gasteiger partial charge in [-0.25, -0.2) is 0 Å². The van der Waals surface area contributed by atoms with Crippen LogP contribution < -0.4 is 5.73 Å². The van der Waals surface area contributed by atoms with Crippen LogP contribution >= 0.6 is 0 Å². The third kappa shape index (κ3) is 1.04. The van der Waals surface area contributed by atoms with Crippen LogP contribution in [0.25, 0.3) is 0 Å². The summed E-state index contributed by atoms with van der Waals surface area (Å²) in [6.45, 7) is 1.81. The summed E-state index contributed by atoms with van der Waals surface area (Å²) in [5, 5.41) is 3.89. The molecule has 0 amide bonds. The molecule has 4 nitrogen and oxygen atoms in total. The number of hydrogen-bond donors (Lipinski definition) is 1. The van der Waals surface area contributed by atoms with Crippen LogP contribution in [0.3, 0.4) is 0 Å². The molecule has 0 spiro atoms. The lowest BCUT2D eigenvalue weighted by atomic mass is 10.2. The van der Waals surface area contributed by atoms with Gasteiger partial charge in [0, 0.05) is 12.0 Å². The van der Waals surface area contributed by atoms with E-state index in [-0.39, 0.29) is 0 Å². The van der Waals surface area contributed by atoms with Gasteiger partial charge in [0.25, 0.3) is 0 Å². The van der Waals surface area contributed by atoms with Crippen molar-refractivity contribution in [2.45, 2.75) is 19.6 Å². The first kappa shape index (κ1) is 6.82. The molecule has 2 N–H and O–H groups in total. The average Bonchev–Trinajstić information content (AvgIpc) is 2.53. The molecule has 0 saturated heterocycles. The van der Waals surface area contributed by atoms with Crippen molar-refractivity contribution in [3.8, 4) is 0 Å². The van der Waals surface area contributed by atoms with Crippen LogP contribution in [-0.2, 0) is 24.4 Å². The van der Waals surface area contributed by atoms with Crippen LogP contribution in [0.2, 0.25) is 0 Å². The topological polar surface area (TPSA) is 61.3 Å². The largest absolute Gasteiger partial charge is 0.368 e. The van der Waals surface area contributed by atoms with E-state index in [4.69, 9.17) is 15.0 Å². The monoisotopic (exact) mass is 154 g/mol. The molecular formula is C7H10N2O2. The predicted molar refractivity (Wildman–Crippen MR) is 37.8 cm³/mol. The summed E-state index contributed by atoms with van der Waals surface area (Å²) >= 11 is 0. The molecule has 1 aliphatic rings. The SMILES string of the molecule is NCCc1noc2c1COC2. The number of rotatable bonds is 2.